The van der Waals surface area contributed by atoms with Gasteiger partial charge in [-0.25, -0.2) is 9.97 Å². The third kappa shape index (κ3) is 3.27. The first-order valence-electron chi connectivity index (χ1n) is 5.84. The van der Waals surface area contributed by atoms with Crippen LogP contribution in [0.1, 0.15) is 43.4 Å². The number of aryl methyl sites for hydroxylation is 2. The molecule has 1 aliphatic rings. The number of aromatic nitrogens is 2. The zero-order valence-electron chi connectivity index (χ0n) is 9.58. The van der Waals surface area contributed by atoms with Crippen LogP contribution in [0.5, 0.6) is 0 Å². The van der Waals surface area contributed by atoms with Crippen LogP contribution in [0.15, 0.2) is 6.07 Å². The van der Waals surface area contributed by atoms with E-state index in [1.54, 1.807) is 0 Å². The van der Waals surface area contributed by atoms with Gasteiger partial charge in [-0.1, -0.05) is 13.3 Å². The van der Waals surface area contributed by atoms with Gasteiger partial charge in [-0.15, -0.1) is 0 Å². The van der Waals surface area contributed by atoms with Crippen LogP contribution in [-0.2, 0) is 13.0 Å². The minimum atomic E-state index is 0.726. The van der Waals surface area contributed by atoms with E-state index in [9.17, 15) is 0 Å². The molecule has 0 unspecified atom stereocenters. The van der Waals surface area contributed by atoms with E-state index in [2.05, 4.69) is 28.3 Å². The van der Waals surface area contributed by atoms with Gasteiger partial charge in [0.15, 0.2) is 0 Å². The summed E-state index contributed by atoms with van der Waals surface area (Å²) in [5.74, 6) is 0.949. The van der Waals surface area contributed by atoms with Crippen molar-refractivity contribution in [3.63, 3.8) is 0 Å². The van der Waals surface area contributed by atoms with Crippen molar-refractivity contribution < 1.29 is 0 Å². The van der Waals surface area contributed by atoms with Crippen molar-refractivity contribution in [2.75, 3.05) is 0 Å². The molecule has 1 heterocycles. The van der Waals surface area contributed by atoms with Crippen LogP contribution >= 0.6 is 0 Å². The van der Waals surface area contributed by atoms with Gasteiger partial charge in [-0.3, -0.25) is 0 Å². The van der Waals surface area contributed by atoms with Gasteiger partial charge in [0.1, 0.15) is 5.82 Å². The fraction of sp³-hybridized carbons (Fsp3) is 0.667. The minimum absolute atomic E-state index is 0.726. The topological polar surface area (TPSA) is 37.8 Å². The Kier molecular flexibility index (Phi) is 3.31. The van der Waals surface area contributed by atoms with Gasteiger partial charge in [0.25, 0.3) is 0 Å². The first kappa shape index (κ1) is 10.6. The lowest BCUT2D eigenvalue weighted by molar-refractivity contribution is 0.649. The van der Waals surface area contributed by atoms with Crippen molar-refractivity contribution in [2.45, 2.75) is 52.1 Å². The third-order valence-corrected chi connectivity index (χ3v) is 2.59. The molecule has 15 heavy (non-hydrogen) atoms. The maximum atomic E-state index is 4.55. The highest BCUT2D eigenvalue weighted by atomic mass is 15.0. The zero-order valence-corrected chi connectivity index (χ0v) is 9.58. The first-order chi connectivity index (χ1) is 7.28. The van der Waals surface area contributed by atoms with Crippen molar-refractivity contribution in [3.8, 4) is 0 Å². The summed E-state index contributed by atoms with van der Waals surface area (Å²) in [5, 5.41) is 3.44. The van der Waals surface area contributed by atoms with E-state index < -0.39 is 0 Å². The molecule has 0 aliphatic heterocycles. The van der Waals surface area contributed by atoms with Crippen LogP contribution in [-0.4, -0.2) is 16.0 Å². The molecule has 2 rings (SSSR count). The van der Waals surface area contributed by atoms with Crippen LogP contribution in [0.2, 0.25) is 0 Å². The van der Waals surface area contributed by atoms with Gasteiger partial charge in [0.2, 0.25) is 0 Å². The third-order valence-electron chi connectivity index (χ3n) is 2.59. The summed E-state index contributed by atoms with van der Waals surface area (Å²) in [6.07, 6.45) is 4.83. The molecular formula is C12H19N3. The summed E-state index contributed by atoms with van der Waals surface area (Å²) in [7, 11) is 0. The predicted molar refractivity (Wildman–Crippen MR) is 60.6 cm³/mol. The Morgan fingerprint density at radius 2 is 2.20 bits per heavy atom. The average Bonchev–Trinajstić information content (AvgIpc) is 2.98. The molecule has 0 spiro atoms. The molecule has 0 atom stereocenters. The fourth-order valence-corrected chi connectivity index (χ4v) is 1.69. The van der Waals surface area contributed by atoms with Gasteiger partial charge in [0, 0.05) is 17.4 Å². The van der Waals surface area contributed by atoms with E-state index in [4.69, 9.17) is 0 Å². The summed E-state index contributed by atoms with van der Waals surface area (Å²) < 4.78 is 0. The predicted octanol–water partition coefficient (Wildman–Crippen LogP) is 1.99. The quantitative estimate of drug-likeness (QED) is 0.799. The number of hydrogen-bond donors (Lipinski definition) is 1. The monoisotopic (exact) mass is 205 g/mol. The summed E-state index contributed by atoms with van der Waals surface area (Å²) in [6, 6.07) is 2.81. The zero-order chi connectivity index (χ0) is 10.7. The van der Waals surface area contributed by atoms with E-state index in [1.165, 1.54) is 18.5 Å². The smallest absolute Gasteiger partial charge is 0.142 e. The Labute approximate surface area is 91.3 Å². The van der Waals surface area contributed by atoms with Crippen LogP contribution in [0.3, 0.4) is 0 Å². The Morgan fingerprint density at radius 3 is 2.87 bits per heavy atom. The first-order valence-corrected chi connectivity index (χ1v) is 5.84. The van der Waals surface area contributed by atoms with E-state index >= 15 is 0 Å². The lowest BCUT2D eigenvalue weighted by Gasteiger charge is -2.05. The van der Waals surface area contributed by atoms with Crippen LogP contribution in [0, 0.1) is 6.92 Å². The van der Waals surface area contributed by atoms with Gasteiger partial charge in [0.05, 0.1) is 6.54 Å². The lowest BCUT2D eigenvalue weighted by atomic mass is 10.2. The molecule has 1 fully saturated rings. The van der Waals surface area contributed by atoms with Crippen LogP contribution in [0.25, 0.3) is 0 Å². The van der Waals surface area contributed by atoms with Crippen molar-refractivity contribution in [3.05, 3.63) is 23.3 Å². The number of nitrogens with one attached hydrogen (secondary N) is 1. The molecule has 1 aromatic heterocycles. The Hall–Kier alpha value is -0.960. The summed E-state index contributed by atoms with van der Waals surface area (Å²) in [5.41, 5.74) is 2.26. The largest absolute Gasteiger partial charge is 0.307 e. The van der Waals surface area contributed by atoms with Crippen molar-refractivity contribution in [1.29, 1.82) is 0 Å². The molecule has 0 aromatic carbocycles. The molecular weight excluding hydrogens is 186 g/mol. The Balaban J connectivity index is 2.00. The Bertz CT molecular complexity index is 332. The fourth-order valence-electron chi connectivity index (χ4n) is 1.69. The maximum absolute atomic E-state index is 4.55. The highest BCUT2D eigenvalue weighted by Crippen LogP contribution is 2.18. The molecule has 1 saturated carbocycles. The summed E-state index contributed by atoms with van der Waals surface area (Å²) in [4.78, 5) is 8.99. The number of hydrogen-bond acceptors (Lipinski definition) is 3. The molecule has 0 amide bonds. The molecule has 0 radical (unpaired) electrons. The molecule has 0 bridgehead atoms. The average molecular weight is 205 g/mol. The molecule has 1 aliphatic carbocycles. The van der Waals surface area contributed by atoms with Gasteiger partial charge in [-0.05, 0) is 32.3 Å². The molecule has 3 heteroatoms. The number of rotatable bonds is 5. The molecule has 1 aromatic rings. The van der Waals surface area contributed by atoms with Gasteiger partial charge >= 0.3 is 0 Å². The van der Waals surface area contributed by atoms with Crippen LogP contribution in [0.4, 0.5) is 0 Å². The van der Waals surface area contributed by atoms with Crippen LogP contribution < -0.4 is 5.32 Å². The summed E-state index contributed by atoms with van der Waals surface area (Å²) in [6.45, 7) is 5.05. The standard InChI is InChI=1S/C12H19N3/c1-3-4-11-7-9(2)14-12(15-11)8-13-10-5-6-10/h7,10,13H,3-6,8H2,1-2H3. The van der Waals surface area contributed by atoms with Crippen molar-refractivity contribution in [2.24, 2.45) is 0 Å². The normalized spacial score (nSPS) is 15.6. The summed E-state index contributed by atoms with van der Waals surface area (Å²) >= 11 is 0. The highest BCUT2D eigenvalue weighted by Gasteiger charge is 2.20. The van der Waals surface area contributed by atoms with Gasteiger partial charge in [-0.2, -0.15) is 0 Å². The number of nitrogens with zero attached hydrogens (tertiary/aromatic N) is 2. The lowest BCUT2D eigenvalue weighted by Crippen LogP contribution is -2.18. The molecule has 82 valence electrons. The highest BCUT2D eigenvalue weighted by molar-refractivity contribution is 5.10. The molecule has 3 nitrogen and oxygen atoms in total. The van der Waals surface area contributed by atoms with E-state index in [1.807, 2.05) is 6.92 Å². The minimum Gasteiger partial charge on any atom is -0.307 e. The van der Waals surface area contributed by atoms with E-state index in [0.29, 0.717) is 0 Å². The van der Waals surface area contributed by atoms with E-state index in [0.717, 1.165) is 36.9 Å². The second-order valence-corrected chi connectivity index (χ2v) is 4.32. The molecule has 0 saturated heterocycles. The van der Waals surface area contributed by atoms with E-state index in [-0.39, 0.29) is 0 Å². The molecule has 1 N–H and O–H groups in total. The van der Waals surface area contributed by atoms with Crippen molar-refractivity contribution >= 4 is 0 Å². The maximum Gasteiger partial charge on any atom is 0.142 e. The SMILES string of the molecule is CCCc1cc(C)nc(CNC2CC2)n1. The Morgan fingerprint density at radius 1 is 1.40 bits per heavy atom. The second kappa shape index (κ2) is 4.71. The second-order valence-electron chi connectivity index (χ2n) is 4.32. The van der Waals surface area contributed by atoms with Crippen molar-refractivity contribution in [1.82, 2.24) is 15.3 Å². The van der Waals surface area contributed by atoms with Gasteiger partial charge < -0.3 is 5.32 Å².